The molecule has 0 spiro atoms. The van der Waals surface area contributed by atoms with Crippen LogP contribution in [0.25, 0.3) is 0 Å². The van der Waals surface area contributed by atoms with Gasteiger partial charge in [0.2, 0.25) is 0 Å². The third-order valence-corrected chi connectivity index (χ3v) is 3.60. The van der Waals surface area contributed by atoms with Crippen LogP contribution in [0.15, 0.2) is 0 Å². The maximum absolute atomic E-state index is 10.9. The molecule has 3 heteroatoms. The molecule has 0 aliphatic carbocycles. The van der Waals surface area contributed by atoms with Crippen LogP contribution in [0.5, 0.6) is 0 Å². The highest BCUT2D eigenvalue weighted by Crippen LogP contribution is 2.14. The molecule has 0 saturated carbocycles. The van der Waals surface area contributed by atoms with Crippen molar-refractivity contribution in [2.24, 2.45) is 0 Å². The number of unbranched alkanes of at least 4 members (excludes halogenated alkanes) is 6. The topological polar surface area (TPSA) is 35.5 Å². The lowest BCUT2D eigenvalue weighted by atomic mass is 10.0. The Bertz CT molecular complexity index is 204. The van der Waals surface area contributed by atoms with E-state index >= 15 is 0 Å². The molecule has 0 saturated heterocycles. The van der Waals surface area contributed by atoms with E-state index in [1.807, 2.05) is 7.11 Å². The van der Waals surface area contributed by atoms with Gasteiger partial charge in [-0.25, -0.2) is 0 Å². The number of methoxy groups -OCH3 is 2. The Morgan fingerprint density at radius 3 is 2.05 bits per heavy atom. The molecule has 0 bridgehead atoms. The molecule has 0 fully saturated rings. The SMILES string of the molecule is CCCCCC(CCCCCCCC(=O)OC)OC. The van der Waals surface area contributed by atoms with Crippen LogP contribution in [0, 0.1) is 0 Å². The monoisotopic (exact) mass is 272 g/mol. The molecule has 0 N–H and O–H groups in total. The van der Waals surface area contributed by atoms with Gasteiger partial charge in [0.1, 0.15) is 0 Å². The Labute approximate surface area is 119 Å². The van der Waals surface area contributed by atoms with E-state index in [1.165, 1.54) is 58.5 Å². The van der Waals surface area contributed by atoms with Crippen LogP contribution in [-0.2, 0) is 14.3 Å². The fourth-order valence-electron chi connectivity index (χ4n) is 2.28. The second-order valence-corrected chi connectivity index (χ2v) is 5.24. The zero-order chi connectivity index (χ0) is 14.3. The maximum Gasteiger partial charge on any atom is 0.305 e. The average Bonchev–Trinajstić information content (AvgIpc) is 2.44. The molecule has 0 aromatic carbocycles. The Morgan fingerprint density at radius 1 is 0.895 bits per heavy atom. The van der Waals surface area contributed by atoms with E-state index < -0.39 is 0 Å². The molecule has 3 nitrogen and oxygen atoms in total. The summed E-state index contributed by atoms with van der Waals surface area (Å²) in [6, 6.07) is 0. The van der Waals surface area contributed by atoms with Crippen molar-refractivity contribution in [3.8, 4) is 0 Å². The lowest BCUT2D eigenvalue weighted by Crippen LogP contribution is -2.10. The van der Waals surface area contributed by atoms with Crippen molar-refractivity contribution in [1.82, 2.24) is 0 Å². The summed E-state index contributed by atoms with van der Waals surface area (Å²) < 4.78 is 10.1. The van der Waals surface area contributed by atoms with Crippen LogP contribution in [0.2, 0.25) is 0 Å². The van der Waals surface area contributed by atoms with Gasteiger partial charge in [-0.2, -0.15) is 0 Å². The summed E-state index contributed by atoms with van der Waals surface area (Å²) in [5.74, 6) is -0.0876. The Balaban J connectivity index is 3.33. The Morgan fingerprint density at radius 2 is 1.47 bits per heavy atom. The van der Waals surface area contributed by atoms with Gasteiger partial charge >= 0.3 is 5.97 Å². The normalized spacial score (nSPS) is 12.4. The summed E-state index contributed by atoms with van der Waals surface area (Å²) in [5.41, 5.74) is 0. The van der Waals surface area contributed by atoms with E-state index in [9.17, 15) is 4.79 Å². The molecule has 114 valence electrons. The second kappa shape index (κ2) is 13.9. The molecule has 1 unspecified atom stereocenters. The second-order valence-electron chi connectivity index (χ2n) is 5.24. The Hall–Kier alpha value is -0.570. The molecule has 0 heterocycles. The van der Waals surface area contributed by atoms with Gasteiger partial charge < -0.3 is 9.47 Å². The first-order chi connectivity index (χ1) is 9.24. The first kappa shape index (κ1) is 18.4. The van der Waals surface area contributed by atoms with Gasteiger partial charge in [0, 0.05) is 13.5 Å². The number of esters is 1. The van der Waals surface area contributed by atoms with Crippen LogP contribution >= 0.6 is 0 Å². The summed E-state index contributed by atoms with van der Waals surface area (Å²) in [4.78, 5) is 10.9. The molecule has 0 aromatic rings. The molecule has 0 aliphatic heterocycles. The van der Waals surface area contributed by atoms with E-state index in [-0.39, 0.29) is 5.97 Å². The summed E-state index contributed by atoms with van der Waals surface area (Å²) in [6.07, 6.45) is 13.0. The lowest BCUT2D eigenvalue weighted by molar-refractivity contribution is -0.140. The van der Waals surface area contributed by atoms with Crippen LogP contribution in [0.4, 0.5) is 0 Å². The molecular formula is C16H32O3. The number of ether oxygens (including phenoxy) is 2. The number of rotatable bonds is 13. The molecule has 0 amide bonds. The first-order valence-corrected chi connectivity index (χ1v) is 7.84. The van der Waals surface area contributed by atoms with Crippen molar-refractivity contribution in [3.05, 3.63) is 0 Å². The van der Waals surface area contributed by atoms with E-state index in [0.717, 1.165) is 12.8 Å². The highest BCUT2D eigenvalue weighted by molar-refractivity contribution is 5.68. The van der Waals surface area contributed by atoms with E-state index in [0.29, 0.717) is 12.5 Å². The van der Waals surface area contributed by atoms with Crippen molar-refractivity contribution in [2.75, 3.05) is 14.2 Å². The first-order valence-electron chi connectivity index (χ1n) is 7.84. The van der Waals surface area contributed by atoms with Crippen molar-refractivity contribution >= 4 is 5.97 Å². The highest BCUT2D eigenvalue weighted by Gasteiger charge is 2.06. The molecule has 0 aromatic heterocycles. The minimum Gasteiger partial charge on any atom is -0.469 e. The van der Waals surface area contributed by atoms with Gasteiger partial charge in [0.15, 0.2) is 0 Å². The fraction of sp³-hybridized carbons (Fsp3) is 0.938. The van der Waals surface area contributed by atoms with Crippen LogP contribution in [-0.4, -0.2) is 26.3 Å². The van der Waals surface area contributed by atoms with Gasteiger partial charge in [0.05, 0.1) is 13.2 Å². The molecule has 0 aliphatic rings. The minimum absolute atomic E-state index is 0.0876. The van der Waals surface area contributed by atoms with E-state index in [4.69, 9.17) is 4.74 Å². The zero-order valence-corrected chi connectivity index (χ0v) is 13.1. The fourth-order valence-corrected chi connectivity index (χ4v) is 2.28. The summed E-state index contributed by atoms with van der Waals surface area (Å²) in [6.45, 7) is 2.23. The maximum atomic E-state index is 10.9. The van der Waals surface area contributed by atoms with Gasteiger partial charge in [-0.15, -0.1) is 0 Å². The van der Waals surface area contributed by atoms with Crippen molar-refractivity contribution in [1.29, 1.82) is 0 Å². The highest BCUT2D eigenvalue weighted by atomic mass is 16.5. The van der Waals surface area contributed by atoms with Gasteiger partial charge in [-0.1, -0.05) is 51.9 Å². The van der Waals surface area contributed by atoms with Gasteiger partial charge in [-0.05, 0) is 19.3 Å². The number of carbonyl (C=O) groups is 1. The van der Waals surface area contributed by atoms with E-state index in [2.05, 4.69) is 11.7 Å². The summed E-state index contributed by atoms with van der Waals surface area (Å²) >= 11 is 0. The van der Waals surface area contributed by atoms with Crippen LogP contribution < -0.4 is 0 Å². The third-order valence-electron chi connectivity index (χ3n) is 3.60. The Kier molecular flexibility index (Phi) is 13.4. The van der Waals surface area contributed by atoms with Crippen molar-refractivity contribution in [3.63, 3.8) is 0 Å². The molecule has 0 radical (unpaired) electrons. The lowest BCUT2D eigenvalue weighted by Gasteiger charge is -2.14. The molecular weight excluding hydrogens is 240 g/mol. The van der Waals surface area contributed by atoms with Crippen molar-refractivity contribution < 1.29 is 14.3 Å². The van der Waals surface area contributed by atoms with Gasteiger partial charge in [0.25, 0.3) is 0 Å². The predicted molar refractivity (Wildman–Crippen MR) is 79.3 cm³/mol. The molecule has 1 atom stereocenters. The van der Waals surface area contributed by atoms with Crippen LogP contribution in [0.1, 0.15) is 77.6 Å². The quantitative estimate of drug-likeness (QED) is 0.366. The summed E-state index contributed by atoms with van der Waals surface area (Å²) in [5, 5.41) is 0. The number of hydrogen-bond acceptors (Lipinski definition) is 3. The standard InChI is InChI=1S/C16H32O3/c1-4-5-9-12-15(18-2)13-10-7-6-8-11-14-16(17)19-3/h15H,4-14H2,1-3H3. The molecule has 0 rings (SSSR count). The van der Waals surface area contributed by atoms with Gasteiger partial charge in [-0.3, -0.25) is 4.79 Å². The minimum atomic E-state index is -0.0876. The van der Waals surface area contributed by atoms with Crippen LogP contribution in [0.3, 0.4) is 0 Å². The number of hydrogen-bond donors (Lipinski definition) is 0. The zero-order valence-electron chi connectivity index (χ0n) is 13.1. The predicted octanol–water partition coefficient (Wildman–Crippen LogP) is 4.49. The van der Waals surface area contributed by atoms with E-state index in [1.54, 1.807) is 0 Å². The number of carbonyl (C=O) groups excluding carboxylic acids is 1. The van der Waals surface area contributed by atoms with Crippen molar-refractivity contribution in [2.45, 2.75) is 83.7 Å². The molecule has 19 heavy (non-hydrogen) atoms. The largest absolute Gasteiger partial charge is 0.469 e. The third kappa shape index (κ3) is 12.2. The average molecular weight is 272 g/mol. The summed E-state index contributed by atoms with van der Waals surface area (Å²) in [7, 11) is 3.28. The smallest absolute Gasteiger partial charge is 0.305 e.